The van der Waals surface area contributed by atoms with Crippen molar-refractivity contribution in [3.05, 3.63) is 57.6 Å². The van der Waals surface area contributed by atoms with E-state index >= 15 is 0 Å². The Hall–Kier alpha value is -2.22. The van der Waals surface area contributed by atoms with E-state index in [9.17, 15) is 4.79 Å². The van der Waals surface area contributed by atoms with E-state index in [0.717, 1.165) is 0 Å². The van der Waals surface area contributed by atoms with Crippen LogP contribution >= 0.6 is 23.2 Å². The number of carbonyl (C=O) groups is 1. The van der Waals surface area contributed by atoms with Crippen LogP contribution in [0.5, 0.6) is 0 Å². The topological polar surface area (TPSA) is 78.9 Å². The number of hydrogen-bond acceptors (Lipinski definition) is 3. The van der Waals surface area contributed by atoms with Gasteiger partial charge in [0.25, 0.3) is 5.91 Å². The lowest BCUT2D eigenvalue weighted by molar-refractivity contribution is 0.102. The van der Waals surface area contributed by atoms with Gasteiger partial charge < -0.3 is 11.1 Å². The number of nitrogens with zero attached hydrogens (tertiary/aromatic N) is 1. The van der Waals surface area contributed by atoms with E-state index in [0.29, 0.717) is 16.9 Å². The summed E-state index contributed by atoms with van der Waals surface area (Å²) in [5.74, 6) is -0.445. The highest BCUT2D eigenvalue weighted by atomic mass is 35.5. The second kappa shape index (κ2) is 5.83. The van der Waals surface area contributed by atoms with Crippen molar-refractivity contribution in [1.82, 2.24) is 0 Å². The Bertz CT molecular complexity index is 723. The molecule has 3 N–H and O–H groups in total. The van der Waals surface area contributed by atoms with Crippen LogP contribution in [0, 0.1) is 11.3 Å². The summed E-state index contributed by atoms with van der Waals surface area (Å²) in [5.41, 5.74) is 7.10. The summed E-state index contributed by atoms with van der Waals surface area (Å²) in [7, 11) is 0. The lowest BCUT2D eigenvalue weighted by atomic mass is 10.1. The molecule has 100 valence electrons. The average molecular weight is 306 g/mol. The molecule has 0 aliphatic heterocycles. The number of rotatable bonds is 2. The van der Waals surface area contributed by atoms with Crippen LogP contribution in [0.3, 0.4) is 0 Å². The van der Waals surface area contributed by atoms with Crippen molar-refractivity contribution in [2.75, 3.05) is 11.1 Å². The molecule has 0 bridgehead atoms. The first kappa shape index (κ1) is 14.2. The fourth-order valence-corrected chi connectivity index (χ4v) is 2.06. The van der Waals surface area contributed by atoms with E-state index in [2.05, 4.69) is 5.32 Å². The third kappa shape index (κ3) is 3.02. The molecule has 0 saturated heterocycles. The number of benzene rings is 2. The Morgan fingerprint density at radius 2 is 2.00 bits per heavy atom. The molecule has 2 aromatic carbocycles. The minimum Gasteiger partial charge on any atom is -0.399 e. The van der Waals surface area contributed by atoms with Crippen LogP contribution in [0.15, 0.2) is 36.4 Å². The highest BCUT2D eigenvalue weighted by molar-refractivity contribution is 6.44. The van der Waals surface area contributed by atoms with Crippen LogP contribution < -0.4 is 11.1 Å². The van der Waals surface area contributed by atoms with Gasteiger partial charge in [-0.15, -0.1) is 0 Å². The van der Waals surface area contributed by atoms with Gasteiger partial charge in [0.05, 0.1) is 27.2 Å². The largest absolute Gasteiger partial charge is 0.399 e. The third-order valence-electron chi connectivity index (χ3n) is 2.54. The molecule has 20 heavy (non-hydrogen) atoms. The summed E-state index contributed by atoms with van der Waals surface area (Å²) < 4.78 is 0. The van der Waals surface area contributed by atoms with Crippen molar-refractivity contribution in [1.29, 1.82) is 5.26 Å². The van der Waals surface area contributed by atoms with E-state index < -0.39 is 5.91 Å². The molecular formula is C14H9Cl2N3O. The lowest BCUT2D eigenvalue weighted by Crippen LogP contribution is -2.13. The molecule has 0 aromatic heterocycles. The molecule has 1 amide bonds. The maximum absolute atomic E-state index is 12.1. The number of carbonyl (C=O) groups excluding carboxylic acids is 1. The number of halogens is 2. The summed E-state index contributed by atoms with van der Waals surface area (Å²) >= 11 is 11.9. The first-order valence-corrected chi connectivity index (χ1v) is 6.33. The molecule has 0 spiro atoms. The molecule has 6 heteroatoms. The number of anilines is 2. The van der Waals surface area contributed by atoms with Gasteiger partial charge in [0, 0.05) is 11.4 Å². The zero-order valence-electron chi connectivity index (χ0n) is 10.2. The molecule has 4 nitrogen and oxygen atoms in total. The van der Waals surface area contributed by atoms with Gasteiger partial charge in [0.2, 0.25) is 0 Å². The van der Waals surface area contributed by atoms with Crippen LogP contribution in [0.2, 0.25) is 10.0 Å². The fraction of sp³-hybridized carbons (Fsp3) is 0. The second-order valence-corrected chi connectivity index (χ2v) is 4.80. The van der Waals surface area contributed by atoms with Gasteiger partial charge in [-0.2, -0.15) is 5.26 Å². The minimum absolute atomic E-state index is 0.134. The number of nitrogens with one attached hydrogen (secondary N) is 1. The molecule has 0 fully saturated rings. The second-order valence-electron chi connectivity index (χ2n) is 4.01. The van der Waals surface area contributed by atoms with Crippen molar-refractivity contribution in [2.24, 2.45) is 0 Å². The summed E-state index contributed by atoms with van der Waals surface area (Å²) in [4.78, 5) is 12.1. The van der Waals surface area contributed by atoms with Gasteiger partial charge in [0.1, 0.15) is 0 Å². The highest BCUT2D eigenvalue weighted by Gasteiger charge is 2.14. The summed E-state index contributed by atoms with van der Waals surface area (Å²) in [6, 6.07) is 11.4. The van der Waals surface area contributed by atoms with Gasteiger partial charge in [-0.05, 0) is 30.3 Å². The van der Waals surface area contributed by atoms with E-state index in [1.165, 1.54) is 12.1 Å². The van der Waals surface area contributed by atoms with E-state index in [-0.39, 0.29) is 15.6 Å². The number of amides is 1. The van der Waals surface area contributed by atoms with Gasteiger partial charge in [-0.25, -0.2) is 0 Å². The van der Waals surface area contributed by atoms with Crippen molar-refractivity contribution < 1.29 is 4.79 Å². The molecule has 0 saturated carbocycles. The highest BCUT2D eigenvalue weighted by Crippen LogP contribution is 2.29. The van der Waals surface area contributed by atoms with Gasteiger partial charge in [0.15, 0.2) is 0 Å². The minimum atomic E-state index is -0.445. The quantitative estimate of drug-likeness (QED) is 0.830. The third-order valence-corrected chi connectivity index (χ3v) is 3.35. The maximum atomic E-state index is 12.1. The van der Waals surface area contributed by atoms with Crippen molar-refractivity contribution in [3.63, 3.8) is 0 Å². The predicted molar refractivity (Wildman–Crippen MR) is 80.0 cm³/mol. The van der Waals surface area contributed by atoms with E-state index in [4.69, 9.17) is 34.2 Å². The Kier molecular flexibility index (Phi) is 4.14. The van der Waals surface area contributed by atoms with E-state index in [1.54, 1.807) is 24.3 Å². The summed E-state index contributed by atoms with van der Waals surface area (Å²) in [6.45, 7) is 0. The Morgan fingerprint density at radius 3 is 2.70 bits per heavy atom. The first-order valence-electron chi connectivity index (χ1n) is 5.57. The van der Waals surface area contributed by atoms with Crippen molar-refractivity contribution in [3.8, 4) is 6.07 Å². The average Bonchev–Trinajstić information content (AvgIpc) is 2.43. The van der Waals surface area contributed by atoms with Crippen LogP contribution in [0.1, 0.15) is 15.9 Å². The lowest BCUT2D eigenvalue weighted by Gasteiger charge is -2.09. The molecule has 2 rings (SSSR count). The summed E-state index contributed by atoms with van der Waals surface area (Å²) in [5, 5.41) is 11.8. The summed E-state index contributed by atoms with van der Waals surface area (Å²) in [6.07, 6.45) is 0. The SMILES string of the molecule is N#Cc1cccc(NC(=O)c2cc(N)cc(Cl)c2Cl)c1. The van der Waals surface area contributed by atoms with Crippen LogP contribution in [0.4, 0.5) is 11.4 Å². The predicted octanol–water partition coefficient (Wildman–Crippen LogP) is 3.70. The standard InChI is InChI=1S/C14H9Cl2N3O/c15-12-6-9(18)5-11(13(12)16)14(20)19-10-3-1-2-8(4-10)7-17/h1-6H,18H2,(H,19,20). The number of nitriles is 1. The smallest absolute Gasteiger partial charge is 0.257 e. The molecule has 0 atom stereocenters. The van der Waals surface area contributed by atoms with Gasteiger partial charge >= 0.3 is 0 Å². The monoisotopic (exact) mass is 305 g/mol. The molecule has 2 aromatic rings. The Balaban J connectivity index is 2.31. The maximum Gasteiger partial charge on any atom is 0.257 e. The Morgan fingerprint density at radius 1 is 1.25 bits per heavy atom. The van der Waals surface area contributed by atoms with Crippen molar-refractivity contribution in [2.45, 2.75) is 0 Å². The van der Waals surface area contributed by atoms with Crippen LogP contribution in [-0.2, 0) is 0 Å². The fourth-order valence-electron chi connectivity index (χ4n) is 1.64. The number of hydrogen-bond donors (Lipinski definition) is 2. The van der Waals surface area contributed by atoms with Crippen LogP contribution in [0.25, 0.3) is 0 Å². The molecular weight excluding hydrogens is 297 g/mol. The molecule has 0 aliphatic rings. The first-order chi connectivity index (χ1) is 9.51. The number of nitrogens with two attached hydrogens (primary N) is 1. The molecule has 0 radical (unpaired) electrons. The van der Waals surface area contributed by atoms with E-state index in [1.807, 2.05) is 6.07 Å². The zero-order chi connectivity index (χ0) is 14.7. The van der Waals surface area contributed by atoms with Gasteiger partial charge in [-0.3, -0.25) is 4.79 Å². The molecule has 0 unspecified atom stereocenters. The van der Waals surface area contributed by atoms with Crippen molar-refractivity contribution >= 4 is 40.5 Å². The number of nitrogen functional groups attached to an aromatic ring is 1. The van der Waals surface area contributed by atoms with Crippen LogP contribution in [-0.4, -0.2) is 5.91 Å². The zero-order valence-corrected chi connectivity index (χ0v) is 11.7. The molecule has 0 heterocycles. The molecule has 0 aliphatic carbocycles. The van der Waals surface area contributed by atoms with Gasteiger partial charge in [-0.1, -0.05) is 29.3 Å². The normalized spacial score (nSPS) is 9.85. The Labute approximate surface area is 125 Å².